The summed E-state index contributed by atoms with van der Waals surface area (Å²) >= 11 is 0. The van der Waals surface area contributed by atoms with Gasteiger partial charge in [0, 0.05) is 18.5 Å². The minimum absolute atomic E-state index is 0.183. The number of carbonyl (C=O) groups excluding carboxylic acids is 2. The van der Waals surface area contributed by atoms with Crippen LogP contribution < -0.4 is 5.32 Å². The fraction of sp³-hybridized carbons (Fsp3) is 0.188. The summed E-state index contributed by atoms with van der Waals surface area (Å²) in [6.45, 7) is 0. The number of benzene rings is 1. The minimum atomic E-state index is -0.897. The number of nitrogens with zero attached hydrogens (tertiary/aromatic N) is 2. The molecule has 0 bridgehead atoms. The highest BCUT2D eigenvalue weighted by atomic mass is 16.6. The molecule has 0 spiro atoms. The second-order valence-electron chi connectivity index (χ2n) is 4.86. The number of pyridine rings is 1. The van der Waals surface area contributed by atoms with Gasteiger partial charge >= 0.3 is 5.97 Å². The van der Waals surface area contributed by atoms with Gasteiger partial charge in [-0.05, 0) is 12.1 Å². The van der Waals surface area contributed by atoms with Crippen molar-refractivity contribution in [3.05, 3.63) is 70.0 Å². The highest BCUT2D eigenvalue weighted by Crippen LogP contribution is 2.27. The molecule has 0 radical (unpaired) electrons. The molecule has 1 heterocycles. The second-order valence-corrected chi connectivity index (χ2v) is 4.86. The number of methoxy groups -OCH3 is 1. The Hall–Kier alpha value is -3.29. The monoisotopic (exact) mass is 329 g/mol. The number of para-hydroxylation sites is 1. The first-order valence-corrected chi connectivity index (χ1v) is 7.04. The van der Waals surface area contributed by atoms with Crippen molar-refractivity contribution in [1.82, 2.24) is 10.3 Å². The molecule has 24 heavy (non-hydrogen) atoms. The summed E-state index contributed by atoms with van der Waals surface area (Å²) in [4.78, 5) is 38.4. The molecule has 0 aliphatic carbocycles. The quantitative estimate of drug-likeness (QED) is 0.493. The van der Waals surface area contributed by atoms with Gasteiger partial charge in [-0.2, -0.15) is 0 Å². The Morgan fingerprint density at radius 1 is 1.29 bits per heavy atom. The lowest BCUT2D eigenvalue weighted by Crippen LogP contribution is -2.31. The molecule has 2 aromatic rings. The van der Waals surface area contributed by atoms with Crippen molar-refractivity contribution in [3.63, 3.8) is 0 Å². The Labute approximate surface area is 137 Å². The summed E-state index contributed by atoms with van der Waals surface area (Å²) in [5.74, 6) is -1.08. The third kappa shape index (κ3) is 4.13. The van der Waals surface area contributed by atoms with Gasteiger partial charge in [-0.3, -0.25) is 24.7 Å². The number of nitro benzene ring substituents is 1. The summed E-state index contributed by atoms with van der Waals surface area (Å²) in [7, 11) is 1.21. The molecule has 1 aromatic carbocycles. The predicted molar refractivity (Wildman–Crippen MR) is 84.2 cm³/mol. The zero-order chi connectivity index (χ0) is 17.5. The molecule has 1 unspecified atom stereocenters. The largest absolute Gasteiger partial charge is 0.469 e. The number of aromatic nitrogens is 1. The van der Waals surface area contributed by atoms with Crippen LogP contribution in [0.1, 0.15) is 28.4 Å². The lowest BCUT2D eigenvalue weighted by Gasteiger charge is -2.18. The van der Waals surface area contributed by atoms with Crippen LogP contribution in [-0.4, -0.2) is 28.9 Å². The number of ether oxygens (including phenoxy) is 1. The van der Waals surface area contributed by atoms with Crippen LogP contribution in [0.2, 0.25) is 0 Å². The van der Waals surface area contributed by atoms with Gasteiger partial charge in [-0.15, -0.1) is 0 Å². The maximum absolute atomic E-state index is 12.3. The van der Waals surface area contributed by atoms with E-state index in [0.29, 0.717) is 0 Å². The van der Waals surface area contributed by atoms with E-state index < -0.39 is 22.8 Å². The Morgan fingerprint density at radius 3 is 2.67 bits per heavy atom. The van der Waals surface area contributed by atoms with Crippen LogP contribution in [0.15, 0.2) is 48.8 Å². The fourth-order valence-electron chi connectivity index (χ4n) is 2.18. The summed E-state index contributed by atoms with van der Waals surface area (Å²) < 4.78 is 4.62. The maximum Gasteiger partial charge on any atom is 0.307 e. The van der Waals surface area contributed by atoms with Crippen molar-refractivity contribution in [2.24, 2.45) is 0 Å². The van der Waals surface area contributed by atoms with Gasteiger partial charge < -0.3 is 10.1 Å². The van der Waals surface area contributed by atoms with Crippen LogP contribution in [0.25, 0.3) is 0 Å². The predicted octanol–water partition coefficient (Wildman–Crippen LogP) is 2.02. The van der Waals surface area contributed by atoms with Crippen molar-refractivity contribution in [1.29, 1.82) is 0 Å². The second kappa shape index (κ2) is 7.82. The number of hydrogen-bond acceptors (Lipinski definition) is 6. The zero-order valence-electron chi connectivity index (χ0n) is 12.8. The van der Waals surface area contributed by atoms with E-state index in [0.717, 1.165) is 0 Å². The highest BCUT2D eigenvalue weighted by Gasteiger charge is 2.26. The molecule has 1 N–H and O–H groups in total. The Balaban J connectivity index is 2.33. The van der Waals surface area contributed by atoms with E-state index in [1.54, 1.807) is 18.2 Å². The number of nitro groups is 1. The average molecular weight is 329 g/mol. The molecular weight excluding hydrogens is 314 g/mol. The van der Waals surface area contributed by atoms with E-state index in [-0.39, 0.29) is 23.2 Å². The van der Waals surface area contributed by atoms with Gasteiger partial charge in [0.25, 0.3) is 11.6 Å². The first-order valence-electron chi connectivity index (χ1n) is 7.04. The van der Waals surface area contributed by atoms with Gasteiger partial charge in [0.05, 0.1) is 35.6 Å². The van der Waals surface area contributed by atoms with E-state index >= 15 is 0 Å². The molecule has 8 nitrogen and oxygen atoms in total. The Bertz CT molecular complexity index is 748. The number of esters is 1. The molecule has 0 fully saturated rings. The van der Waals surface area contributed by atoms with Crippen LogP contribution >= 0.6 is 0 Å². The van der Waals surface area contributed by atoms with Gasteiger partial charge in [-0.25, -0.2) is 0 Å². The zero-order valence-corrected chi connectivity index (χ0v) is 12.8. The number of rotatable bonds is 6. The van der Waals surface area contributed by atoms with Gasteiger partial charge in [0.2, 0.25) is 0 Å². The summed E-state index contributed by atoms with van der Waals surface area (Å²) in [5.41, 5.74) is 0.328. The molecule has 1 aromatic heterocycles. The van der Waals surface area contributed by atoms with Crippen molar-refractivity contribution in [2.45, 2.75) is 12.5 Å². The molecule has 1 amide bonds. The summed E-state index contributed by atoms with van der Waals surface area (Å²) in [6, 6.07) is 8.17. The van der Waals surface area contributed by atoms with Crippen LogP contribution in [0.5, 0.6) is 0 Å². The third-order valence-corrected chi connectivity index (χ3v) is 3.34. The van der Waals surface area contributed by atoms with Gasteiger partial charge in [-0.1, -0.05) is 18.2 Å². The van der Waals surface area contributed by atoms with E-state index in [1.807, 2.05) is 0 Å². The van der Waals surface area contributed by atoms with Crippen LogP contribution in [-0.2, 0) is 9.53 Å². The first-order chi connectivity index (χ1) is 11.5. The molecule has 0 saturated heterocycles. The SMILES string of the molecule is COC(=O)CC(NC(=O)c1cccnc1)c1ccccc1[N+](=O)[O-]. The molecule has 124 valence electrons. The lowest BCUT2D eigenvalue weighted by molar-refractivity contribution is -0.385. The number of hydrogen-bond donors (Lipinski definition) is 1. The number of nitrogens with one attached hydrogen (secondary N) is 1. The van der Waals surface area contributed by atoms with E-state index in [2.05, 4.69) is 15.0 Å². The van der Waals surface area contributed by atoms with Crippen molar-refractivity contribution in [3.8, 4) is 0 Å². The van der Waals surface area contributed by atoms with Crippen molar-refractivity contribution in [2.75, 3.05) is 7.11 Å². The normalized spacial score (nSPS) is 11.4. The fourth-order valence-corrected chi connectivity index (χ4v) is 2.18. The average Bonchev–Trinajstić information content (AvgIpc) is 2.61. The molecule has 0 aliphatic heterocycles. The summed E-state index contributed by atoms with van der Waals surface area (Å²) in [6.07, 6.45) is 2.65. The number of carbonyl (C=O) groups is 2. The van der Waals surface area contributed by atoms with Crippen molar-refractivity contribution >= 4 is 17.6 Å². The van der Waals surface area contributed by atoms with Crippen LogP contribution in [0.4, 0.5) is 5.69 Å². The number of amides is 1. The van der Waals surface area contributed by atoms with Crippen molar-refractivity contribution < 1.29 is 19.2 Å². The topological polar surface area (TPSA) is 111 Å². The molecule has 0 saturated carbocycles. The molecule has 2 rings (SSSR count). The van der Waals surface area contributed by atoms with Crippen LogP contribution in [0, 0.1) is 10.1 Å². The first kappa shape index (κ1) is 17.1. The highest BCUT2D eigenvalue weighted by molar-refractivity contribution is 5.94. The molecule has 1 atom stereocenters. The third-order valence-electron chi connectivity index (χ3n) is 3.34. The molecular formula is C16H15N3O5. The van der Waals surface area contributed by atoms with Gasteiger partial charge in [0.15, 0.2) is 0 Å². The Morgan fingerprint density at radius 2 is 2.04 bits per heavy atom. The smallest absolute Gasteiger partial charge is 0.307 e. The van der Waals surface area contributed by atoms with E-state index in [1.165, 1.54) is 37.7 Å². The maximum atomic E-state index is 12.3. The minimum Gasteiger partial charge on any atom is -0.469 e. The van der Waals surface area contributed by atoms with Crippen LogP contribution in [0.3, 0.4) is 0 Å². The van der Waals surface area contributed by atoms with E-state index in [4.69, 9.17) is 0 Å². The molecule has 8 heteroatoms. The lowest BCUT2D eigenvalue weighted by atomic mass is 10.0. The Kier molecular flexibility index (Phi) is 5.56. The summed E-state index contributed by atoms with van der Waals surface area (Å²) in [5, 5.41) is 13.8. The standard InChI is InChI=1S/C16H15N3O5/c1-24-15(20)9-13(12-6-2-3-7-14(12)19(22)23)18-16(21)11-5-4-8-17-10-11/h2-8,10,13H,9H2,1H3,(H,18,21). The molecule has 0 aliphatic rings. The van der Waals surface area contributed by atoms with Gasteiger partial charge in [0.1, 0.15) is 0 Å². The van der Waals surface area contributed by atoms with E-state index in [9.17, 15) is 19.7 Å².